The van der Waals surface area contributed by atoms with Crippen molar-refractivity contribution in [2.24, 2.45) is 5.92 Å². The molecule has 3 unspecified atom stereocenters. The molecule has 0 N–H and O–H groups in total. The summed E-state index contributed by atoms with van der Waals surface area (Å²) in [5.74, 6) is 0.338. The molecule has 1 saturated carbocycles. The highest BCUT2D eigenvalue weighted by Crippen LogP contribution is 2.35. The number of ketones is 1. The van der Waals surface area contributed by atoms with E-state index in [2.05, 4.69) is 0 Å². The molecule has 0 aromatic carbocycles. The fraction of sp³-hybridized carbons (Fsp3) is 0.909. The van der Waals surface area contributed by atoms with E-state index in [0.717, 1.165) is 19.3 Å². The van der Waals surface area contributed by atoms with E-state index in [4.69, 9.17) is 9.47 Å². The Balaban J connectivity index is 2.12. The van der Waals surface area contributed by atoms with Gasteiger partial charge in [0.15, 0.2) is 0 Å². The summed E-state index contributed by atoms with van der Waals surface area (Å²) in [5, 5.41) is 0. The maximum absolute atomic E-state index is 11.8. The molecule has 1 heterocycles. The first kappa shape index (κ1) is 10.1. The summed E-state index contributed by atoms with van der Waals surface area (Å²) in [7, 11) is 1.69. The summed E-state index contributed by atoms with van der Waals surface area (Å²) >= 11 is 0. The largest absolute Gasteiger partial charge is 0.381 e. The molecule has 1 aliphatic heterocycles. The van der Waals surface area contributed by atoms with E-state index < -0.39 is 0 Å². The van der Waals surface area contributed by atoms with E-state index in [1.807, 2.05) is 6.92 Å². The van der Waals surface area contributed by atoms with Gasteiger partial charge in [0, 0.05) is 13.5 Å². The highest BCUT2D eigenvalue weighted by atomic mass is 16.5. The van der Waals surface area contributed by atoms with Crippen LogP contribution in [-0.4, -0.2) is 31.2 Å². The molecule has 2 rings (SSSR count). The van der Waals surface area contributed by atoms with Crippen LogP contribution in [0.25, 0.3) is 0 Å². The molecule has 0 aromatic heterocycles. The van der Waals surface area contributed by atoms with E-state index >= 15 is 0 Å². The third kappa shape index (κ3) is 1.71. The highest BCUT2D eigenvalue weighted by molar-refractivity contribution is 5.83. The van der Waals surface area contributed by atoms with Crippen LogP contribution in [0.1, 0.15) is 32.6 Å². The average molecular weight is 198 g/mol. The van der Waals surface area contributed by atoms with E-state index in [1.165, 1.54) is 0 Å². The average Bonchev–Trinajstić information content (AvgIpc) is 2.16. The van der Waals surface area contributed by atoms with Crippen LogP contribution in [0.4, 0.5) is 0 Å². The molecule has 2 aliphatic rings. The predicted molar refractivity (Wildman–Crippen MR) is 52.1 cm³/mol. The van der Waals surface area contributed by atoms with Crippen molar-refractivity contribution in [3.8, 4) is 0 Å². The first-order chi connectivity index (χ1) is 6.72. The molecular formula is C11H18O3. The molecular weight excluding hydrogens is 180 g/mol. The zero-order valence-electron chi connectivity index (χ0n) is 8.86. The van der Waals surface area contributed by atoms with Gasteiger partial charge in [-0.25, -0.2) is 0 Å². The predicted octanol–water partition coefficient (Wildman–Crippen LogP) is 1.55. The number of ether oxygens (including phenoxy) is 2. The zero-order valence-corrected chi connectivity index (χ0v) is 8.86. The van der Waals surface area contributed by atoms with E-state index in [1.54, 1.807) is 7.11 Å². The molecule has 1 aliphatic carbocycles. The fourth-order valence-corrected chi connectivity index (χ4v) is 2.72. The number of rotatable bonds is 1. The fourth-order valence-electron chi connectivity index (χ4n) is 2.72. The summed E-state index contributed by atoms with van der Waals surface area (Å²) in [6, 6.07) is 0. The Morgan fingerprint density at radius 3 is 2.93 bits per heavy atom. The highest BCUT2D eigenvalue weighted by Gasteiger charge is 2.43. The molecule has 14 heavy (non-hydrogen) atoms. The topological polar surface area (TPSA) is 35.5 Å². The Labute approximate surface area is 84.8 Å². The van der Waals surface area contributed by atoms with Crippen LogP contribution < -0.4 is 0 Å². The third-order valence-electron chi connectivity index (χ3n) is 3.35. The van der Waals surface area contributed by atoms with Crippen molar-refractivity contribution in [2.75, 3.05) is 7.11 Å². The van der Waals surface area contributed by atoms with Crippen molar-refractivity contribution in [1.82, 2.24) is 0 Å². The SMILES string of the molecule is COC1CCCC2O[C@@H](C)CC(=O)C12. The van der Waals surface area contributed by atoms with Crippen LogP contribution in [0, 0.1) is 5.92 Å². The lowest BCUT2D eigenvalue weighted by Gasteiger charge is -2.41. The number of fused-ring (bicyclic) bond motifs is 1. The Bertz CT molecular complexity index is 227. The number of methoxy groups -OCH3 is 1. The van der Waals surface area contributed by atoms with Gasteiger partial charge in [-0.3, -0.25) is 4.79 Å². The second-order valence-corrected chi connectivity index (χ2v) is 4.39. The molecule has 3 nitrogen and oxygen atoms in total. The minimum Gasteiger partial charge on any atom is -0.381 e. The lowest BCUT2D eigenvalue weighted by Crippen LogP contribution is -2.49. The van der Waals surface area contributed by atoms with Gasteiger partial charge in [-0.2, -0.15) is 0 Å². The van der Waals surface area contributed by atoms with E-state index in [-0.39, 0.29) is 24.2 Å². The maximum Gasteiger partial charge on any atom is 0.143 e. The van der Waals surface area contributed by atoms with Gasteiger partial charge in [0.05, 0.1) is 24.2 Å². The normalized spacial score (nSPS) is 43.4. The first-order valence-corrected chi connectivity index (χ1v) is 5.43. The Morgan fingerprint density at radius 1 is 1.43 bits per heavy atom. The van der Waals surface area contributed by atoms with Crippen molar-refractivity contribution in [1.29, 1.82) is 0 Å². The van der Waals surface area contributed by atoms with Crippen molar-refractivity contribution in [2.45, 2.75) is 50.9 Å². The first-order valence-electron chi connectivity index (χ1n) is 5.43. The van der Waals surface area contributed by atoms with Gasteiger partial charge in [-0.1, -0.05) is 0 Å². The van der Waals surface area contributed by atoms with Gasteiger partial charge >= 0.3 is 0 Å². The zero-order chi connectivity index (χ0) is 10.1. The monoisotopic (exact) mass is 198 g/mol. The molecule has 0 radical (unpaired) electrons. The molecule has 0 amide bonds. The summed E-state index contributed by atoms with van der Waals surface area (Å²) in [4.78, 5) is 11.8. The summed E-state index contributed by atoms with van der Waals surface area (Å²) in [6.07, 6.45) is 3.99. The molecule has 0 spiro atoms. The number of carbonyl (C=O) groups is 1. The molecule has 4 atom stereocenters. The van der Waals surface area contributed by atoms with Crippen molar-refractivity contribution >= 4 is 5.78 Å². The minimum absolute atomic E-state index is 0.00458. The van der Waals surface area contributed by atoms with Crippen LogP contribution >= 0.6 is 0 Å². The molecule has 80 valence electrons. The second-order valence-electron chi connectivity index (χ2n) is 4.39. The van der Waals surface area contributed by atoms with Gasteiger partial charge < -0.3 is 9.47 Å². The van der Waals surface area contributed by atoms with Gasteiger partial charge in [-0.05, 0) is 26.2 Å². The Morgan fingerprint density at radius 2 is 2.21 bits per heavy atom. The van der Waals surface area contributed by atoms with Gasteiger partial charge in [-0.15, -0.1) is 0 Å². The maximum atomic E-state index is 11.8. The Kier molecular flexibility index (Phi) is 2.88. The molecule has 0 bridgehead atoms. The molecule has 3 heteroatoms. The van der Waals surface area contributed by atoms with Crippen LogP contribution in [0.2, 0.25) is 0 Å². The van der Waals surface area contributed by atoms with Gasteiger partial charge in [0.25, 0.3) is 0 Å². The van der Waals surface area contributed by atoms with E-state index in [0.29, 0.717) is 12.2 Å². The van der Waals surface area contributed by atoms with Crippen LogP contribution in [-0.2, 0) is 14.3 Å². The minimum atomic E-state index is 0.00458. The molecule has 1 saturated heterocycles. The number of Topliss-reactive ketones (excluding diaryl/α,β-unsaturated/α-hetero) is 1. The van der Waals surface area contributed by atoms with Crippen molar-refractivity contribution in [3.63, 3.8) is 0 Å². The van der Waals surface area contributed by atoms with E-state index in [9.17, 15) is 4.79 Å². The summed E-state index contributed by atoms with van der Waals surface area (Å²) < 4.78 is 11.2. The second kappa shape index (κ2) is 3.99. The number of hydrogen-bond donors (Lipinski definition) is 0. The van der Waals surface area contributed by atoms with Crippen molar-refractivity contribution in [3.05, 3.63) is 0 Å². The number of carbonyl (C=O) groups excluding carboxylic acids is 1. The molecule has 0 aromatic rings. The standard InChI is InChI=1S/C11H18O3/c1-7-6-8(12)11-9(13-2)4-3-5-10(11)14-7/h7,9-11H,3-6H2,1-2H3/t7-,9?,10?,11?/m0/s1. The lowest BCUT2D eigenvalue weighted by atomic mass is 9.78. The number of hydrogen-bond acceptors (Lipinski definition) is 3. The van der Waals surface area contributed by atoms with Gasteiger partial charge in [0.2, 0.25) is 0 Å². The smallest absolute Gasteiger partial charge is 0.143 e. The third-order valence-corrected chi connectivity index (χ3v) is 3.35. The van der Waals surface area contributed by atoms with Crippen LogP contribution in [0.15, 0.2) is 0 Å². The van der Waals surface area contributed by atoms with Crippen LogP contribution in [0.5, 0.6) is 0 Å². The Hall–Kier alpha value is -0.410. The van der Waals surface area contributed by atoms with Gasteiger partial charge in [0.1, 0.15) is 5.78 Å². The molecule has 2 fully saturated rings. The van der Waals surface area contributed by atoms with Crippen LogP contribution in [0.3, 0.4) is 0 Å². The van der Waals surface area contributed by atoms with Crippen molar-refractivity contribution < 1.29 is 14.3 Å². The summed E-state index contributed by atoms with van der Waals surface area (Å²) in [6.45, 7) is 1.98. The summed E-state index contributed by atoms with van der Waals surface area (Å²) in [5.41, 5.74) is 0. The quantitative estimate of drug-likeness (QED) is 0.641. The lowest BCUT2D eigenvalue weighted by molar-refractivity contribution is -0.163.